The summed E-state index contributed by atoms with van der Waals surface area (Å²) < 4.78 is 78.3. The van der Waals surface area contributed by atoms with Gasteiger partial charge in [-0.25, -0.2) is 32.3 Å². The van der Waals surface area contributed by atoms with Gasteiger partial charge in [-0.1, -0.05) is 0 Å². The fourth-order valence-corrected chi connectivity index (χ4v) is 0. The van der Waals surface area contributed by atoms with E-state index >= 15 is 0 Å². The maximum absolute atomic E-state index is 8.97. The maximum atomic E-state index is 8.97. The zero-order chi connectivity index (χ0) is 13.5. The monoisotopic (exact) mass is 329 g/mol. The Kier molecular flexibility index (Phi) is 15.8. The Bertz CT molecular complexity index is 347. The molecule has 0 aliphatic carbocycles. The molecule has 7 N–H and O–H groups in total. The van der Waals surface area contributed by atoms with Crippen LogP contribution in [0.1, 0.15) is 0 Å². The van der Waals surface area contributed by atoms with Crippen molar-refractivity contribution in [1.29, 1.82) is 0 Å². The second-order valence-corrected chi connectivity index (χ2v) is 4.50. The fraction of sp³-hybridized carbons (Fsp3) is 0. The second-order valence-electron chi connectivity index (χ2n) is 1.50. The SMILES string of the molecule is NS(=O)(=O)O.NS(=O)(=O)[O-].NS(=O)(=O)[O-].[Ca+2]. The molecule has 16 heteroatoms. The molecule has 0 saturated heterocycles. The summed E-state index contributed by atoms with van der Waals surface area (Å²) in [5.41, 5.74) is 0. The third-order valence-electron chi connectivity index (χ3n) is 0. The molecule has 0 aliphatic rings. The van der Waals surface area contributed by atoms with Gasteiger partial charge >= 0.3 is 48.0 Å². The van der Waals surface area contributed by atoms with E-state index in [9.17, 15) is 0 Å². The molecular formula is H7CaN3O9S3. The molecule has 0 fully saturated rings. The molecule has 0 saturated carbocycles. The summed E-state index contributed by atoms with van der Waals surface area (Å²) in [7, 11) is -13.0. The first-order valence-electron chi connectivity index (χ1n) is 2.22. The predicted octanol–water partition coefficient (Wildman–Crippen LogP) is -4.82. The fourth-order valence-electron chi connectivity index (χ4n) is 0. The van der Waals surface area contributed by atoms with Gasteiger partial charge in [-0.05, 0) is 0 Å². The van der Waals surface area contributed by atoms with Gasteiger partial charge in [-0.2, -0.15) is 8.42 Å². The van der Waals surface area contributed by atoms with Gasteiger partial charge in [-0.15, -0.1) is 0 Å². The third kappa shape index (κ3) is 3780. The van der Waals surface area contributed by atoms with Crippen molar-refractivity contribution in [3.8, 4) is 0 Å². The zero-order valence-electron chi connectivity index (χ0n) is 7.38. The van der Waals surface area contributed by atoms with Crippen LogP contribution in [0.2, 0.25) is 0 Å². The van der Waals surface area contributed by atoms with Crippen molar-refractivity contribution in [2.24, 2.45) is 15.4 Å². The molecule has 0 spiro atoms. The van der Waals surface area contributed by atoms with Gasteiger partial charge in [0.2, 0.25) is 0 Å². The molecule has 96 valence electrons. The van der Waals surface area contributed by atoms with Crippen molar-refractivity contribution >= 4 is 68.7 Å². The van der Waals surface area contributed by atoms with Crippen molar-refractivity contribution in [3.63, 3.8) is 0 Å². The van der Waals surface area contributed by atoms with E-state index in [-0.39, 0.29) is 37.7 Å². The minimum absolute atomic E-state index is 0. The summed E-state index contributed by atoms with van der Waals surface area (Å²) >= 11 is 0. The van der Waals surface area contributed by atoms with Crippen molar-refractivity contribution in [1.82, 2.24) is 0 Å². The third-order valence-corrected chi connectivity index (χ3v) is 0. The van der Waals surface area contributed by atoms with Crippen molar-refractivity contribution in [2.75, 3.05) is 0 Å². The molecule has 0 atom stereocenters. The molecule has 0 unspecified atom stereocenters. The normalized spacial score (nSPS) is 10.9. The largest absolute Gasteiger partial charge is 2.00 e. The average molecular weight is 329 g/mol. The van der Waals surface area contributed by atoms with Gasteiger partial charge in [0.25, 0.3) is 0 Å². The van der Waals surface area contributed by atoms with Crippen molar-refractivity contribution in [3.05, 3.63) is 0 Å². The molecule has 0 aromatic rings. The van der Waals surface area contributed by atoms with E-state index in [1.165, 1.54) is 0 Å². The van der Waals surface area contributed by atoms with E-state index in [1.54, 1.807) is 0 Å². The Morgan fingerprint density at radius 3 is 0.750 bits per heavy atom. The first-order valence-corrected chi connectivity index (χ1v) is 6.67. The standard InChI is InChI=1S/Ca.3H3NO3S/c;3*1-5(2,3)4/h;3*(H3,1,2,3,4)/q+2;;;/p-2. The number of hydrogen-bond acceptors (Lipinski definition) is 8. The molecule has 0 amide bonds. The van der Waals surface area contributed by atoms with E-state index in [4.69, 9.17) is 38.9 Å². The Hall–Kier alpha value is 0.870. The van der Waals surface area contributed by atoms with E-state index in [1.807, 2.05) is 0 Å². The Labute approximate surface area is 122 Å². The second kappa shape index (κ2) is 9.85. The predicted molar refractivity (Wildman–Crippen MR) is 49.3 cm³/mol. The van der Waals surface area contributed by atoms with Gasteiger partial charge in [0, 0.05) is 0 Å². The smallest absolute Gasteiger partial charge is 0.736 e. The molecule has 0 heterocycles. The summed E-state index contributed by atoms with van der Waals surface area (Å²) in [6.45, 7) is 0. The Morgan fingerprint density at radius 1 is 0.750 bits per heavy atom. The van der Waals surface area contributed by atoms with E-state index in [0.717, 1.165) is 0 Å². The number of rotatable bonds is 0. The number of hydrogen-bond donors (Lipinski definition) is 4. The van der Waals surface area contributed by atoms with Gasteiger partial charge in [0.05, 0.1) is 0 Å². The van der Waals surface area contributed by atoms with Crippen LogP contribution in [0.4, 0.5) is 0 Å². The van der Waals surface area contributed by atoms with Crippen LogP contribution in [0.15, 0.2) is 0 Å². The van der Waals surface area contributed by atoms with Crippen molar-refractivity contribution in [2.45, 2.75) is 0 Å². The average Bonchev–Trinajstić information content (AvgIpc) is 1.41. The molecule has 0 aliphatic heterocycles. The summed E-state index contributed by atoms with van der Waals surface area (Å²) in [4.78, 5) is 0. The van der Waals surface area contributed by atoms with Gasteiger partial charge in [0.15, 0.2) is 20.6 Å². The van der Waals surface area contributed by atoms with Crippen LogP contribution in [-0.2, 0) is 30.9 Å². The summed E-state index contributed by atoms with van der Waals surface area (Å²) in [6, 6.07) is 0. The Morgan fingerprint density at radius 2 is 0.750 bits per heavy atom. The minimum atomic E-state index is -4.42. The molecule has 0 rings (SSSR count). The summed E-state index contributed by atoms with van der Waals surface area (Å²) in [6.07, 6.45) is 0. The van der Waals surface area contributed by atoms with Gasteiger partial charge in [-0.3, -0.25) is 4.55 Å². The molecule has 0 aromatic heterocycles. The maximum Gasteiger partial charge on any atom is 2.00 e. The summed E-state index contributed by atoms with van der Waals surface area (Å²) in [5.74, 6) is 0. The van der Waals surface area contributed by atoms with Gasteiger partial charge in [0.1, 0.15) is 0 Å². The van der Waals surface area contributed by atoms with E-state index < -0.39 is 30.9 Å². The van der Waals surface area contributed by atoms with Crippen LogP contribution in [0.5, 0.6) is 0 Å². The topological polar surface area (TPSA) is 247 Å². The molecule has 0 bridgehead atoms. The van der Waals surface area contributed by atoms with Crippen LogP contribution in [0, 0.1) is 0 Å². The van der Waals surface area contributed by atoms with Crippen LogP contribution in [-0.4, -0.2) is 76.6 Å². The quantitative estimate of drug-likeness (QED) is 0.245. The zero-order valence-corrected chi connectivity index (χ0v) is 12.0. The van der Waals surface area contributed by atoms with E-state index in [2.05, 4.69) is 15.4 Å². The van der Waals surface area contributed by atoms with Crippen LogP contribution in [0.3, 0.4) is 0 Å². The van der Waals surface area contributed by atoms with E-state index in [0.29, 0.717) is 0 Å². The molecule has 0 aromatic carbocycles. The van der Waals surface area contributed by atoms with Crippen LogP contribution < -0.4 is 15.4 Å². The minimum Gasteiger partial charge on any atom is -0.736 e. The molecule has 0 radical (unpaired) electrons. The van der Waals surface area contributed by atoms with Crippen LogP contribution >= 0.6 is 0 Å². The first kappa shape index (κ1) is 25.7. The van der Waals surface area contributed by atoms with Crippen LogP contribution in [0.25, 0.3) is 0 Å². The van der Waals surface area contributed by atoms with Crippen molar-refractivity contribution < 1.29 is 38.9 Å². The van der Waals surface area contributed by atoms with Gasteiger partial charge < -0.3 is 9.11 Å². The first-order chi connectivity index (χ1) is 6.00. The molecule has 16 heavy (non-hydrogen) atoms. The molecule has 12 nitrogen and oxygen atoms in total. The Balaban J connectivity index is -0.0000000655. The summed E-state index contributed by atoms with van der Waals surface area (Å²) in [5, 5.41) is 11.4. The molecular weight excluding hydrogens is 322 g/mol. The number of nitrogens with two attached hydrogens (primary N) is 3.